The van der Waals surface area contributed by atoms with Crippen LogP contribution in [0.4, 0.5) is 8.78 Å². The van der Waals surface area contributed by atoms with E-state index in [4.69, 9.17) is 0 Å². The maximum absolute atomic E-state index is 13.4. The van der Waals surface area contributed by atoms with Crippen LogP contribution in [0.2, 0.25) is 0 Å². The Labute approximate surface area is 152 Å². The van der Waals surface area contributed by atoms with E-state index in [9.17, 15) is 13.6 Å². The summed E-state index contributed by atoms with van der Waals surface area (Å²) in [4.78, 5) is 16.6. The maximum Gasteiger partial charge on any atom is 0.223 e. The smallest absolute Gasteiger partial charge is 0.223 e. The van der Waals surface area contributed by atoms with E-state index < -0.39 is 11.6 Å². The van der Waals surface area contributed by atoms with Crippen LogP contribution < -0.4 is 0 Å². The average molecular weight is 368 g/mol. The number of carbonyl (C=O) groups excluding carboxylic acids is 1. The predicted octanol–water partition coefficient (Wildman–Crippen LogP) is 3.53. The highest BCUT2D eigenvalue weighted by molar-refractivity contribution is 7.98. The van der Waals surface area contributed by atoms with Crippen LogP contribution in [-0.2, 0) is 11.3 Å². The molecule has 2 fully saturated rings. The molecule has 1 spiro atoms. The van der Waals surface area contributed by atoms with Crippen molar-refractivity contribution in [1.82, 2.24) is 9.80 Å². The lowest BCUT2D eigenvalue weighted by molar-refractivity contribution is -0.130. The summed E-state index contributed by atoms with van der Waals surface area (Å²) in [6, 6.07) is 4.15. The zero-order chi connectivity index (χ0) is 17.9. The number of piperidine rings is 1. The maximum atomic E-state index is 13.4. The lowest BCUT2D eigenvalue weighted by Gasteiger charge is -2.40. The molecular formula is C19H26F2N2OS. The Balaban J connectivity index is 1.59. The highest BCUT2D eigenvalue weighted by atomic mass is 32.2. The molecule has 1 amide bonds. The first-order valence-electron chi connectivity index (χ1n) is 8.94. The number of likely N-dealkylation sites (tertiary alicyclic amines) is 2. The van der Waals surface area contributed by atoms with Gasteiger partial charge in [0.25, 0.3) is 0 Å². The topological polar surface area (TPSA) is 23.6 Å². The van der Waals surface area contributed by atoms with Gasteiger partial charge in [-0.2, -0.15) is 11.8 Å². The SMILES string of the molecule is CSCCC(=O)N1CCC2(CCCN(Cc3ccc(F)c(F)c3)C2)C1. The van der Waals surface area contributed by atoms with Crippen molar-refractivity contribution >= 4 is 17.7 Å². The van der Waals surface area contributed by atoms with Gasteiger partial charge in [0, 0.05) is 43.8 Å². The molecule has 2 heterocycles. The average Bonchev–Trinajstić information content (AvgIpc) is 2.99. The van der Waals surface area contributed by atoms with Gasteiger partial charge in [0.2, 0.25) is 5.91 Å². The molecule has 3 nitrogen and oxygen atoms in total. The number of amides is 1. The van der Waals surface area contributed by atoms with Gasteiger partial charge >= 0.3 is 0 Å². The summed E-state index contributed by atoms with van der Waals surface area (Å²) in [6.07, 6.45) is 5.93. The lowest BCUT2D eigenvalue weighted by Crippen LogP contribution is -2.45. The van der Waals surface area contributed by atoms with Gasteiger partial charge in [-0.25, -0.2) is 8.78 Å². The molecule has 3 rings (SSSR count). The Morgan fingerprint density at radius 2 is 2.04 bits per heavy atom. The second-order valence-corrected chi connectivity index (χ2v) is 8.36. The molecule has 1 atom stereocenters. The Bertz CT molecular complexity index is 627. The quantitative estimate of drug-likeness (QED) is 0.794. The molecule has 138 valence electrons. The highest BCUT2D eigenvalue weighted by Gasteiger charge is 2.42. The van der Waals surface area contributed by atoms with Crippen molar-refractivity contribution in [2.45, 2.75) is 32.2 Å². The third-order valence-electron chi connectivity index (χ3n) is 5.44. The third kappa shape index (κ3) is 4.53. The minimum atomic E-state index is -0.797. The number of benzene rings is 1. The van der Waals surface area contributed by atoms with E-state index in [0.29, 0.717) is 13.0 Å². The molecule has 0 bridgehead atoms. The van der Waals surface area contributed by atoms with Crippen molar-refractivity contribution in [3.8, 4) is 0 Å². The summed E-state index contributed by atoms with van der Waals surface area (Å²) < 4.78 is 26.5. The fourth-order valence-electron chi connectivity index (χ4n) is 4.17. The first-order valence-corrected chi connectivity index (χ1v) is 10.3. The van der Waals surface area contributed by atoms with Crippen LogP contribution in [0.1, 0.15) is 31.2 Å². The van der Waals surface area contributed by atoms with Crippen molar-refractivity contribution in [2.75, 3.05) is 38.2 Å². The lowest BCUT2D eigenvalue weighted by atomic mass is 9.79. The molecule has 25 heavy (non-hydrogen) atoms. The van der Waals surface area contributed by atoms with E-state index in [2.05, 4.69) is 4.90 Å². The second-order valence-electron chi connectivity index (χ2n) is 7.37. The summed E-state index contributed by atoms with van der Waals surface area (Å²) in [5, 5.41) is 0. The van der Waals surface area contributed by atoms with Crippen LogP contribution in [0.5, 0.6) is 0 Å². The standard InChI is InChI=1S/C19H26F2N2OS/c1-25-10-5-18(24)23-9-7-19(14-23)6-2-8-22(13-19)12-15-3-4-16(20)17(21)11-15/h3-4,11H,2,5-10,12-14H2,1H3. The Morgan fingerprint density at radius 3 is 2.80 bits per heavy atom. The number of hydrogen-bond donors (Lipinski definition) is 0. The highest BCUT2D eigenvalue weighted by Crippen LogP contribution is 2.39. The molecule has 0 saturated carbocycles. The largest absolute Gasteiger partial charge is 0.342 e. The molecule has 0 aromatic heterocycles. The minimum absolute atomic E-state index is 0.172. The van der Waals surface area contributed by atoms with Crippen LogP contribution in [0, 0.1) is 17.0 Å². The third-order valence-corrected chi connectivity index (χ3v) is 6.05. The van der Waals surface area contributed by atoms with E-state index in [0.717, 1.165) is 56.8 Å². The van der Waals surface area contributed by atoms with Crippen LogP contribution in [0.15, 0.2) is 18.2 Å². The Hall–Kier alpha value is -1.14. The number of carbonyl (C=O) groups is 1. The van der Waals surface area contributed by atoms with E-state index in [1.165, 1.54) is 12.1 Å². The summed E-state index contributed by atoms with van der Waals surface area (Å²) in [5.41, 5.74) is 0.980. The van der Waals surface area contributed by atoms with Crippen molar-refractivity contribution in [2.24, 2.45) is 5.41 Å². The number of halogens is 2. The van der Waals surface area contributed by atoms with Crippen molar-refractivity contribution in [1.29, 1.82) is 0 Å². The van der Waals surface area contributed by atoms with Gasteiger partial charge in [0.15, 0.2) is 11.6 Å². The zero-order valence-electron chi connectivity index (χ0n) is 14.8. The molecule has 6 heteroatoms. The number of thioether (sulfide) groups is 1. The van der Waals surface area contributed by atoms with Crippen LogP contribution in [0.25, 0.3) is 0 Å². The van der Waals surface area contributed by atoms with E-state index in [1.54, 1.807) is 17.8 Å². The summed E-state index contributed by atoms with van der Waals surface area (Å²) in [5.74, 6) is -0.432. The van der Waals surface area contributed by atoms with Gasteiger partial charge in [0.1, 0.15) is 0 Å². The van der Waals surface area contributed by atoms with Gasteiger partial charge in [-0.05, 0) is 49.8 Å². The van der Waals surface area contributed by atoms with E-state index in [1.807, 2.05) is 11.2 Å². The summed E-state index contributed by atoms with van der Waals surface area (Å²) in [7, 11) is 0. The van der Waals surface area contributed by atoms with Gasteiger partial charge < -0.3 is 4.90 Å². The number of hydrogen-bond acceptors (Lipinski definition) is 3. The minimum Gasteiger partial charge on any atom is -0.342 e. The van der Waals surface area contributed by atoms with E-state index in [-0.39, 0.29) is 11.3 Å². The van der Waals surface area contributed by atoms with E-state index >= 15 is 0 Å². The Kier molecular flexibility index (Phi) is 6.00. The van der Waals surface area contributed by atoms with Crippen molar-refractivity contribution < 1.29 is 13.6 Å². The number of nitrogens with zero attached hydrogens (tertiary/aromatic N) is 2. The predicted molar refractivity (Wildman–Crippen MR) is 97.5 cm³/mol. The van der Waals surface area contributed by atoms with Gasteiger partial charge in [-0.15, -0.1) is 0 Å². The zero-order valence-corrected chi connectivity index (χ0v) is 15.6. The van der Waals surface area contributed by atoms with Crippen LogP contribution in [0.3, 0.4) is 0 Å². The summed E-state index contributed by atoms with van der Waals surface area (Å²) in [6.45, 7) is 4.24. The normalized spacial score (nSPS) is 24.2. The molecule has 0 aliphatic carbocycles. The molecule has 2 aliphatic rings. The van der Waals surface area contributed by atoms with Crippen molar-refractivity contribution in [3.63, 3.8) is 0 Å². The van der Waals surface area contributed by atoms with Crippen LogP contribution >= 0.6 is 11.8 Å². The molecule has 2 aliphatic heterocycles. The number of rotatable bonds is 5. The van der Waals surface area contributed by atoms with Crippen LogP contribution in [-0.4, -0.2) is 53.9 Å². The van der Waals surface area contributed by atoms with Gasteiger partial charge in [0.05, 0.1) is 0 Å². The fraction of sp³-hybridized carbons (Fsp3) is 0.632. The first kappa shape index (κ1) is 18.6. The van der Waals surface area contributed by atoms with Gasteiger partial charge in [-0.1, -0.05) is 6.07 Å². The molecule has 0 radical (unpaired) electrons. The first-order chi connectivity index (χ1) is 12.0. The molecule has 1 aromatic carbocycles. The Morgan fingerprint density at radius 1 is 1.20 bits per heavy atom. The molecule has 2 saturated heterocycles. The van der Waals surface area contributed by atoms with Gasteiger partial charge in [-0.3, -0.25) is 9.69 Å². The second kappa shape index (κ2) is 8.04. The molecule has 1 aromatic rings. The molecule has 0 N–H and O–H groups in total. The monoisotopic (exact) mass is 368 g/mol. The molecule has 1 unspecified atom stereocenters. The summed E-state index contributed by atoms with van der Waals surface area (Å²) >= 11 is 1.71. The fourth-order valence-corrected chi connectivity index (χ4v) is 4.55. The molecular weight excluding hydrogens is 342 g/mol. The van der Waals surface area contributed by atoms with Crippen molar-refractivity contribution in [3.05, 3.63) is 35.4 Å².